The van der Waals surface area contributed by atoms with Crippen LogP contribution in [0, 0.1) is 0 Å². The van der Waals surface area contributed by atoms with Crippen molar-refractivity contribution in [3.05, 3.63) is 23.9 Å². The molecule has 0 saturated heterocycles. The molecule has 1 aromatic carbocycles. The van der Waals surface area contributed by atoms with Crippen LogP contribution in [0.3, 0.4) is 0 Å². The molecule has 5 heteroatoms. The van der Waals surface area contributed by atoms with Gasteiger partial charge in [-0.3, -0.25) is 0 Å². The average Bonchev–Trinajstić information content (AvgIpc) is 2.48. The molecule has 0 amide bonds. The largest absolute Gasteiger partial charge is 0.398 e. The van der Waals surface area contributed by atoms with Crippen molar-refractivity contribution in [1.29, 1.82) is 0 Å². The van der Waals surface area contributed by atoms with Crippen LogP contribution in [0.1, 0.15) is 12.1 Å². The number of nitrogens with zero attached hydrogens (tertiary/aromatic N) is 1. The fourth-order valence-corrected chi connectivity index (χ4v) is 1.97. The lowest BCUT2D eigenvalue weighted by molar-refractivity contribution is 0.149. The monoisotopic (exact) mass is 200 g/mol. The number of aromatic nitrogens is 1. The number of hydrogen-bond acceptors (Lipinski definition) is 3. The lowest BCUT2D eigenvalue weighted by atomic mass is 10.2. The van der Waals surface area contributed by atoms with Crippen LogP contribution in [0.5, 0.6) is 0 Å². The third-order valence-corrected chi connectivity index (χ3v) is 2.69. The Hall–Kier alpha value is -1.23. The van der Waals surface area contributed by atoms with Crippen LogP contribution in [0.4, 0.5) is 14.5 Å². The van der Waals surface area contributed by atoms with E-state index in [0.717, 1.165) is 11.5 Å². The number of nitrogen functional groups attached to an aromatic ring is 1. The molecule has 13 heavy (non-hydrogen) atoms. The van der Waals surface area contributed by atoms with E-state index in [2.05, 4.69) is 4.37 Å². The van der Waals surface area contributed by atoms with E-state index in [4.69, 9.17) is 5.73 Å². The molecule has 1 aromatic heterocycles. The van der Waals surface area contributed by atoms with Crippen molar-refractivity contribution in [2.24, 2.45) is 0 Å². The van der Waals surface area contributed by atoms with Crippen LogP contribution in [0.2, 0.25) is 0 Å². The van der Waals surface area contributed by atoms with Gasteiger partial charge in [-0.2, -0.15) is 4.37 Å². The Kier molecular flexibility index (Phi) is 1.88. The molecule has 68 valence electrons. The predicted molar refractivity (Wildman–Crippen MR) is 49.0 cm³/mol. The Morgan fingerprint density at radius 1 is 1.38 bits per heavy atom. The van der Waals surface area contributed by atoms with Gasteiger partial charge in [0.1, 0.15) is 5.69 Å². The fraction of sp³-hybridized carbons (Fsp3) is 0.125. The average molecular weight is 200 g/mol. The van der Waals surface area contributed by atoms with Crippen LogP contribution < -0.4 is 5.73 Å². The molecule has 0 aliphatic heterocycles. The molecule has 2 aromatic rings. The summed E-state index contributed by atoms with van der Waals surface area (Å²) in [6.07, 6.45) is -2.53. The first-order valence-electron chi connectivity index (χ1n) is 3.62. The topological polar surface area (TPSA) is 38.9 Å². The summed E-state index contributed by atoms with van der Waals surface area (Å²) >= 11 is 1.01. The number of hydrogen-bond donors (Lipinski definition) is 1. The third kappa shape index (κ3) is 1.25. The second-order valence-corrected chi connectivity index (χ2v) is 3.37. The minimum absolute atomic E-state index is 0.174. The Bertz CT molecular complexity index is 439. The van der Waals surface area contributed by atoms with Gasteiger partial charge in [0.05, 0.1) is 10.4 Å². The van der Waals surface area contributed by atoms with E-state index in [1.54, 1.807) is 18.2 Å². The highest BCUT2D eigenvalue weighted by molar-refractivity contribution is 7.14. The number of rotatable bonds is 1. The van der Waals surface area contributed by atoms with Gasteiger partial charge in [0.15, 0.2) is 0 Å². The van der Waals surface area contributed by atoms with E-state index in [9.17, 15) is 8.78 Å². The van der Waals surface area contributed by atoms with Crippen LogP contribution in [0.25, 0.3) is 10.1 Å². The summed E-state index contributed by atoms with van der Waals surface area (Å²) in [5.41, 5.74) is 5.92. The van der Waals surface area contributed by atoms with Gasteiger partial charge in [0.25, 0.3) is 6.43 Å². The van der Waals surface area contributed by atoms with Crippen molar-refractivity contribution in [3.63, 3.8) is 0 Å². The normalized spacial score (nSPS) is 11.3. The Morgan fingerprint density at radius 2 is 2.15 bits per heavy atom. The van der Waals surface area contributed by atoms with E-state index in [1.165, 1.54) is 0 Å². The highest BCUT2D eigenvalue weighted by atomic mass is 32.1. The van der Waals surface area contributed by atoms with E-state index in [-0.39, 0.29) is 5.69 Å². The molecule has 0 radical (unpaired) electrons. The minimum Gasteiger partial charge on any atom is -0.398 e. The Labute approximate surface area is 77.2 Å². The molecule has 0 spiro atoms. The van der Waals surface area contributed by atoms with Gasteiger partial charge < -0.3 is 5.73 Å². The quantitative estimate of drug-likeness (QED) is 0.719. The first-order chi connectivity index (χ1) is 6.20. The van der Waals surface area contributed by atoms with Crippen LogP contribution in [0.15, 0.2) is 18.2 Å². The van der Waals surface area contributed by atoms with Gasteiger partial charge in [0.2, 0.25) is 0 Å². The van der Waals surface area contributed by atoms with Gasteiger partial charge in [-0.25, -0.2) is 8.78 Å². The summed E-state index contributed by atoms with van der Waals surface area (Å²) in [5.74, 6) is 0. The molecule has 1 heterocycles. The summed E-state index contributed by atoms with van der Waals surface area (Å²) in [6, 6.07) is 4.93. The first-order valence-corrected chi connectivity index (χ1v) is 4.39. The second kappa shape index (κ2) is 2.92. The molecule has 0 aliphatic rings. The van der Waals surface area contributed by atoms with Crippen molar-refractivity contribution in [2.45, 2.75) is 6.43 Å². The Balaban J connectivity index is 2.75. The highest BCUT2D eigenvalue weighted by Crippen LogP contribution is 2.32. The lowest BCUT2D eigenvalue weighted by Gasteiger charge is -1.95. The molecule has 0 saturated carbocycles. The first kappa shape index (κ1) is 8.37. The van der Waals surface area contributed by atoms with Gasteiger partial charge in [-0.15, -0.1) is 0 Å². The van der Waals surface area contributed by atoms with Crippen molar-refractivity contribution < 1.29 is 8.78 Å². The van der Waals surface area contributed by atoms with Crippen molar-refractivity contribution in [1.82, 2.24) is 4.37 Å². The number of anilines is 1. The molecule has 0 bridgehead atoms. The minimum atomic E-state index is -2.53. The second-order valence-electron chi connectivity index (χ2n) is 2.59. The van der Waals surface area contributed by atoms with Gasteiger partial charge in [0, 0.05) is 5.39 Å². The maximum atomic E-state index is 12.4. The van der Waals surface area contributed by atoms with Crippen LogP contribution in [-0.4, -0.2) is 4.37 Å². The molecular weight excluding hydrogens is 194 g/mol. The van der Waals surface area contributed by atoms with Crippen molar-refractivity contribution in [2.75, 3.05) is 5.73 Å². The van der Waals surface area contributed by atoms with E-state index >= 15 is 0 Å². The van der Waals surface area contributed by atoms with E-state index in [0.29, 0.717) is 15.8 Å². The van der Waals surface area contributed by atoms with Crippen molar-refractivity contribution >= 4 is 27.3 Å². The highest BCUT2D eigenvalue weighted by Gasteiger charge is 2.16. The summed E-state index contributed by atoms with van der Waals surface area (Å²) < 4.78 is 29.0. The number of nitrogens with two attached hydrogens (primary N) is 1. The van der Waals surface area contributed by atoms with Crippen LogP contribution in [-0.2, 0) is 0 Å². The lowest BCUT2D eigenvalue weighted by Crippen LogP contribution is -1.85. The maximum Gasteiger partial charge on any atom is 0.282 e. The standard InChI is InChI=1S/C8H6F2N2S/c9-8(10)6-4-2-1-3-5(11)7(4)13-12-6/h1-3,8H,11H2. The Morgan fingerprint density at radius 3 is 2.85 bits per heavy atom. The van der Waals surface area contributed by atoms with Crippen molar-refractivity contribution in [3.8, 4) is 0 Å². The summed E-state index contributed by atoms with van der Waals surface area (Å²) in [5, 5.41) is 0.458. The summed E-state index contributed by atoms with van der Waals surface area (Å²) in [7, 11) is 0. The summed E-state index contributed by atoms with van der Waals surface area (Å²) in [6.45, 7) is 0. The molecule has 2 N–H and O–H groups in total. The number of halogens is 2. The smallest absolute Gasteiger partial charge is 0.282 e. The predicted octanol–water partition coefficient (Wildman–Crippen LogP) is 2.82. The zero-order valence-electron chi connectivity index (χ0n) is 6.50. The number of fused-ring (bicyclic) bond motifs is 1. The summed E-state index contributed by atoms with van der Waals surface area (Å²) in [4.78, 5) is 0. The molecule has 0 atom stereocenters. The number of alkyl halides is 2. The molecule has 2 nitrogen and oxygen atoms in total. The molecule has 0 aliphatic carbocycles. The zero-order valence-corrected chi connectivity index (χ0v) is 7.31. The maximum absolute atomic E-state index is 12.4. The fourth-order valence-electron chi connectivity index (χ4n) is 1.16. The third-order valence-electron chi connectivity index (χ3n) is 1.76. The molecule has 0 unspecified atom stereocenters. The van der Waals surface area contributed by atoms with E-state index in [1.807, 2.05) is 0 Å². The SMILES string of the molecule is Nc1cccc2c(C(F)F)nsc12. The van der Waals surface area contributed by atoms with Gasteiger partial charge >= 0.3 is 0 Å². The number of benzene rings is 1. The van der Waals surface area contributed by atoms with Gasteiger partial charge in [-0.1, -0.05) is 12.1 Å². The zero-order chi connectivity index (χ0) is 9.42. The molecular formula is C8H6F2N2S. The molecule has 2 rings (SSSR count). The molecule has 0 fully saturated rings. The van der Waals surface area contributed by atoms with E-state index < -0.39 is 6.43 Å². The van der Waals surface area contributed by atoms with Crippen LogP contribution >= 0.6 is 11.5 Å². The van der Waals surface area contributed by atoms with Gasteiger partial charge in [-0.05, 0) is 17.6 Å².